The van der Waals surface area contributed by atoms with Gasteiger partial charge in [-0.1, -0.05) is 23.7 Å². The molecule has 1 fully saturated rings. The van der Waals surface area contributed by atoms with Crippen molar-refractivity contribution in [3.05, 3.63) is 58.7 Å². The molecule has 0 bridgehead atoms. The third kappa shape index (κ3) is 2.59. The van der Waals surface area contributed by atoms with Gasteiger partial charge in [-0.25, -0.2) is 4.98 Å². The van der Waals surface area contributed by atoms with E-state index in [2.05, 4.69) is 16.4 Å². The zero-order valence-corrected chi connectivity index (χ0v) is 12.9. The first-order valence-corrected chi connectivity index (χ1v) is 8.23. The molecule has 1 saturated carbocycles. The molecule has 4 heteroatoms. The van der Waals surface area contributed by atoms with E-state index in [0.29, 0.717) is 5.92 Å². The quantitative estimate of drug-likeness (QED) is 0.647. The van der Waals surface area contributed by atoms with Gasteiger partial charge in [-0.2, -0.15) is 0 Å². The Morgan fingerprint density at radius 3 is 2.67 bits per heavy atom. The van der Waals surface area contributed by atoms with Crippen molar-refractivity contribution in [1.82, 2.24) is 9.97 Å². The summed E-state index contributed by atoms with van der Waals surface area (Å²) in [5.74, 6) is 0.700. The SMILES string of the molecule is Clc1ccc(-c2csc(-c3cnccc3C3CC3)n2)cc1. The van der Waals surface area contributed by atoms with Crippen LogP contribution in [-0.4, -0.2) is 9.97 Å². The van der Waals surface area contributed by atoms with E-state index in [0.717, 1.165) is 21.3 Å². The molecule has 0 radical (unpaired) electrons. The molecule has 3 aromatic rings. The second kappa shape index (κ2) is 5.24. The summed E-state index contributed by atoms with van der Waals surface area (Å²) in [6.45, 7) is 0. The highest BCUT2D eigenvalue weighted by molar-refractivity contribution is 7.13. The Kier molecular flexibility index (Phi) is 3.24. The Balaban J connectivity index is 1.73. The molecule has 0 aliphatic heterocycles. The van der Waals surface area contributed by atoms with E-state index in [9.17, 15) is 0 Å². The van der Waals surface area contributed by atoms with Crippen molar-refractivity contribution in [3.63, 3.8) is 0 Å². The van der Waals surface area contributed by atoms with Gasteiger partial charge in [-0.15, -0.1) is 11.3 Å². The average Bonchev–Trinajstić information content (AvgIpc) is 3.25. The molecular formula is C17H13ClN2S. The largest absolute Gasteiger partial charge is 0.264 e. The zero-order chi connectivity index (χ0) is 14.2. The van der Waals surface area contributed by atoms with Gasteiger partial charge in [0, 0.05) is 33.9 Å². The molecule has 1 aliphatic carbocycles. The van der Waals surface area contributed by atoms with Gasteiger partial charge in [-0.05, 0) is 42.5 Å². The topological polar surface area (TPSA) is 25.8 Å². The van der Waals surface area contributed by atoms with Crippen molar-refractivity contribution < 1.29 is 0 Å². The first-order valence-electron chi connectivity index (χ1n) is 6.97. The number of thiazole rings is 1. The summed E-state index contributed by atoms with van der Waals surface area (Å²) < 4.78 is 0. The van der Waals surface area contributed by atoms with E-state index in [4.69, 9.17) is 16.6 Å². The van der Waals surface area contributed by atoms with E-state index in [1.807, 2.05) is 36.7 Å². The van der Waals surface area contributed by atoms with Gasteiger partial charge in [0.25, 0.3) is 0 Å². The van der Waals surface area contributed by atoms with Gasteiger partial charge in [0.1, 0.15) is 5.01 Å². The van der Waals surface area contributed by atoms with Crippen LogP contribution in [0.5, 0.6) is 0 Å². The molecule has 4 rings (SSSR count). The molecule has 2 heterocycles. The van der Waals surface area contributed by atoms with Gasteiger partial charge in [0.05, 0.1) is 5.69 Å². The smallest absolute Gasteiger partial charge is 0.125 e. The first-order chi connectivity index (χ1) is 10.3. The van der Waals surface area contributed by atoms with Crippen molar-refractivity contribution >= 4 is 22.9 Å². The molecule has 2 aromatic heterocycles. The maximum Gasteiger partial charge on any atom is 0.125 e. The lowest BCUT2D eigenvalue weighted by Crippen LogP contribution is -1.88. The lowest BCUT2D eigenvalue weighted by atomic mass is 10.1. The standard InChI is InChI=1S/C17H13ClN2S/c18-13-5-3-12(4-6-13)16-10-21-17(20-16)15-9-19-8-7-14(15)11-1-2-11/h3-11H,1-2H2. The summed E-state index contributed by atoms with van der Waals surface area (Å²) in [5.41, 5.74) is 4.67. The maximum atomic E-state index is 5.94. The summed E-state index contributed by atoms with van der Waals surface area (Å²) in [6.07, 6.45) is 6.39. The monoisotopic (exact) mass is 312 g/mol. The van der Waals surface area contributed by atoms with Crippen LogP contribution >= 0.6 is 22.9 Å². The van der Waals surface area contributed by atoms with Crippen molar-refractivity contribution in [2.45, 2.75) is 18.8 Å². The summed E-state index contributed by atoms with van der Waals surface area (Å²) >= 11 is 7.61. The minimum absolute atomic E-state index is 0.700. The zero-order valence-electron chi connectivity index (χ0n) is 11.3. The molecule has 0 N–H and O–H groups in total. The van der Waals surface area contributed by atoms with E-state index in [-0.39, 0.29) is 0 Å². The number of pyridine rings is 1. The normalized spacial score (nSPS) is 14.3. The molecular weight excluding hydrogens is 300 g/mol. The fraction of sp³-hybridized carbons (Fsp3) is 0.176. The molecule has 0 atom stereocenters. The van der Waals surface area contributed by atoms with Crippen LogP contribution < -0.4 is 0 Å². The lowest BCUT2D eigenvalue weighted by Gasteiger charge is -2.04. The molecule has 0 saturated heterocycles. The number of aromatic nitrogens is 2. The molecule has 0 amide bonds. The van der Waals surface area contributed by atoms with Crippen LogP contribution in [0.1, 0.15) is 24.3 Å². The minimum atomic E-state index is 0.700. The molecule has 1 aromatic carbocycles. The maximum absolute atomic E-state index is 5.94. The summed E-state index contributed by atoms with van der Waals surface area (Å²) in [5, 5.41) is 3.90. The van der Waals surface area contributed by atoms with Crippen LogP contribution in [0.4, 0.5) is 0 Å². The van der Waals surface area contributed by atoms with E-state index >= 15 is 0 Å². The Morgan fingerprint density at radius 2 is 1.90 bits per heavy atom. The Morgan fingerprint density at radius 1 is 1.10 bits per heavy atom. The van der Waals surface area contributed by atoms with Gasteiger partial charge in [0.15, 0.2) is 0 Å². The van der Waals surface area contributed by atoms with E-state index in [1.54, 1.807) is 11.3 Å². The van der Waals surface area contributed by atoms with Crippen LogP contribution in [-0.2, 0) is 0 Å². The second-order valence-corrected chi connectivity index (χ2v) is 6.58. The highest BCUT2D eigenvalue weighted by Gasteiger charge is 2.27. The summed E-state index contributed by atoms with van der Waals surface area (Å²) in [4.78, 5) is 9.06. The molecule has 1 aliphatic rings. The van der Waals surface area contributed by atoms with E-state index < -0.39 is 0 Å². The third-order valence-corrected chi connectivity index (χ3v) is 4.87. The number of hydrogen-bond donors (Lipinski definition) is 0. The first kappa shape index (κ1) is 13.0. The Labute approximate surface area is 132 Å². The van der Waals surface area contributed by atoms with Crippen LogP contribution in [0, 0.1) is 0 Å². The number of hydrogen-bond acceptors (Lipinski definition) is 3. The Bertz CT molecular complexity index is 775. The lowest BCUT2D eigenvalue weighted by molar-refractivity contribution is 1.11. The number of nitrogens with zero attached hydrogens (tertiary/aromatic N) is 2. The fourth-order valence-electron chi connectivity index (χ4n) is 2.48. The molecule has 2 nitrogen and oxygen atoms in total. The predicted octanol–water partition coefficient (Wildman–Crippen LogP) is 5.40. The number of rotatable bonds is 3. The van der Waals surface area contributed by atoms with Crippen molar-refractivity contribution in [2.75, 3.05) is 0 Å². The molecule has 0 unspecified atom stereocenters. The average molecular weight is 313 g/mol. The van der Waals surface area contributed by atoms with Crippen LogP contribution in [0.15, 0.2) is 48.1 Å². The molecule has 21 heavy (non-hydrogen) atoms. The van der Waals surface area contributed by atoms with Crippen LogP contribution in [0.3, 0.4) is 0 Å². The minimum Gasteiger partial charge on any atom is -0.264 e. The van der Waals surface area contributed by atoms with Gasteiger partial charge in [-0.3, -0.25) is 4.98 Å². The fourth-order valence-corrected chi connectivity index (χ4v) is 3.47. The third-order valence-electron chi connectivity index (χ3n) is 3.75. The summed E-state index contributed by atoms with van der Waals surface area (Å²) in [6, 6.07) is 9.94. The summed E-state index contributed by atoms with van der Waals surface area (Å²) in [7, 11) is 0. The van der Waals surface area contributed by atoms with Crippen LogP contribution in [0.25, 0.3) is 21.8 Å². The van der Waals surface area contributed by atoms with Gasteiger partial charge >= 0.3 is 0 Å². The van der Waals surface area contributed by atoms with E-state index in [1.165, 1.54) is 24.0 Å². The van der Waals surface area contributed by atoms with Crippen LogP contribution in [0.2, 0.25) is 5.02 Å². The second-order valence-electron chi connectivity index (χ2n) is 5.28. The highest BCUT2D eigenvalue weighted by atomic mass is 35.5. The molecule has 104 valence electrons. The van der Waals surface area contributed by atoms with Crippen molar-refractivity contribution in [1.29, 1.82) is 0 Å². The van der Waals surface area contributed by atoms with Crippen molar-refractivity contribution in [3.8, 4) is 21.8 Å². The van der Waals surface area contributed by atoms with Crippen molar-refractivity contribution in [2.24, 2.45) is 0 Å². The number of benzene rings is 1. The number of halogens is 1. The highest BCUT2D eigenvalue weighted by Crippen LogP contribution is 2.44. The van der Waals surface area contributed by atoms with Gasteiger partial charge in [0.2, 0.25) is 0 Å². The predicted molar refractivity (Wildman–Crippen MR) is 87.8 cm³/mol. The molecule has 0 spiro atoms. The van der Waals surface area contributed by atoms with Gasteiger partial charge < -0.3 is 0 Å². The Hall–Kier alpha value is -1.71.